The number of hydrogen-bond donors (Lipinski definition) is 2. The number of anilines is 2. The van der Waals surface area contributed by atoms with Gasteiger partial charge in [0.05, 0.1) is 0 Å². The quantitative estimate of drug-likeness (QED) is 0.631. The normalized spacial score (nSPS) is 11.7. The van der Waals surface area contributed by atoms with Crippen LogP contribution in [-0.4, -0.2) is 15.9 Å². The first-order valence-corrected chi connectivity index (χ1v) is 9.55. The van der Waals surface area contributed by atoms with Gasteiger partial charge in [-0.15, -0.1) is 0 Å². The van der Waals surface area contributed by atoms with Gasteiger partial charge in [0, 0.05) is 17.8 Å². The third kappa shape index (κ3) is 4.55. The fraction of sp³-hybridized carbons (Fsp3) is 0.261. The van der Waals surface area contributed by atoms with Gasteiger partial charge in [0.15, 0.2) is 0 Å². The van der Waals surface area contributed by atoms with Crippen molar-refractivity contribution in [3.8, 4) is 0 Å². The van der Waals surface area contributed by atoms with Crippen molar-refractivity contribution in [3.63, 3.8) is 0 Å². The van der Waals surface area contributed by atoms with E-state index in [0.29, 0.717) is 17.3 Å². The maximum absolute atomic E-state index is 12.9. The molecule has 0 saturated heterocycles. The molecule has 3 aromatic rings. The molecule has 1 amide bonds. The molecule has 0 aliphatic rings. The SMILES string of the molecule is CCc1cccc(C)c1NC(=O)c1cc(NC(C)c2ccccc2)nc(C)n1. The summed E-state index contributed by atoms with van der Waals surface area (Å²) in [5, 5.41) is 6.39. The number of aryl methyl sites for hydroxylation is 3. The Morgan fingerprint density at radius 3 is 2.50 bits per heavy atom. The Morgan fingerprint density at radius 2 is 1.79 bits per heavy atom. The number of carbonyl (C=O) groups excluding carboxylic acids is 1. The first-order valence-electron chi connectivity index (χ1n) is 9.55. The topological polar surface area (TPSA) is 66.9 Å². The van der Waals surface area contributed by atoms with E-state index in [1.807, 2.05) is 43.3 Å². The first-order chi connectivity index (χ1) is 13.5. The molecule has 0 radical (unpaired) electrons. The first kappa shape index (κ1) is 19.5. The fourth-order valence-electron chi connectivity index (χ4n) is 3.18. The van der Waals surface area contributed by atoms with Crippen molar-refractivity contribution in [2.75, 3.05) is 10.6 Å². The van der Waals surface area contributed by atoms with Crippen LogP contribution in [0.5, 0.6) is 0 Å². The number of hydrogen-bond acceptors (Lipinski definition) is 4. The van der Waals surface area contributed by atoms with Gasteiger partial charge in [-0.1, -0.05) is 55.5 Å². The third-order valence-electron chi connectivity index (χ3n) is 4.71. The zero-order chi connectivity index (χ0) is 20.1. The van der Waals surface area contributed by atoms with Crippen LogP contribution in [0, 0.1) is 13.8 Å². The number of para-hydroxylation sites is 1. The van der Waals surface area contributed by atoms with Crippen LogP contribution in [0.4, 0.5) is 11.5 Å². The van der Waals surface area contributed by atoms with E-state index in [0.717, 1.165) is 28.8 Å². The minimum atomic E-state index is -0.232. The average Bonchev–Trinajstić information content (AvgIpc) is 2.69. The lowest BCUT2D eigenvalue weighted by Crippen LogP contribution is -2.18. The summed E-state index contributed by atoms with van der Waals surface area (Å²) in [7, 11) is 0. The molecule has 5 nitrogen and oxygen atoms in total. The third-order valence-corrected chi connectivity index (χ3v) is 4.71. The van der Waals surface area contributed by atoms with Gasteiger partial charge in [0.2, 0.25) is 0 Å². The van der Waals surface area contributed by atoms with Crippen LogP contribution in [0.2, 0.25) is 0 Å². The number of nitrogens with one attached hydrogen (secondary N) is 2. The summed E-state index contributed by atoms with van der Waals surface area (Å²) in [6, 6.07) is 17.9. The number of benzene rings is 2. The minimum absolute atomic E-state index is 0.0643. The molecule has 144 valence electrons. The molecule has 0 fully saturated rings. The Bertz CT molecular complexity index is 970. The van der Waals surface area contributed by atoms with Gasteiger partial charge in [-0.3, -0.25) is 4.79 Å². The Kier molecular flexibility index (Phi) is 6.04. The second-order valence-electron chi connectivity index (χ2n) is 6.88. The van der Waals surface area contributed by atoms with Crippen molar-refractivity contribution in [1.29, 1.82) is 0 Å². The fourth-order valence-corrected chi connectivity index (χ4v) is 3.18. The summed E-state index contributed by atoms with van der Waals surface area (Å²) < 4.78 is 0. The molecule has 5 heteroatoms. The number of aromatic nitrogens is 2. The molecule has 0 spiro atoms. The lowest BCUT2D eigenvalue weighted by molar-refractivity contribution is 0.102. The van der Waals surface area contributed by atoms with Crippen LogP contribution in [0.15, 0.2) is 54.6 Å². The molecule has 28 heavy (non-hydrogen) atoms. The Balaban J connectivity index is 1.82. The van der Waals surface area contributed by atoms with E-state index in [1.54, 1.807) is 13.0 Å². The number of carbonyl (C=O) groups is 1. The molecular formula is C23H26N4O. The van der Waals surface area contributed by atoms with Crippen molar-refractivity contribution in [2.24, 2.45) is 0 Å². The predicted octanol–water partition coefficient (Wildman–Crippen LogP) is 5.08. The molecule has 1 unspecified atom stereocenters. The van der Waals surface area contributed by atoms with Gasteiger partial charge >= 0.3 is 0 Å². The van der Waals surface area contributed by atoms with E-state index in [1.165, 1.54) is 0 Å². The van der Waals surface area contributed by atoms with E-state index in [4.69, 9.17) is 0 Å². The summed E-state index contributed by atoms with van der Waals surface area (Å²) in [5.41, 5.74) is 4.50. The van der Waals surface area contributed by atoms with Crippen LogP contribution in [0.25, 0.3) is 0 Å². The van der Waals surface area contributed by atoms with Crippen LogP contribution >= 0.6 is 0 Å². The summed E-state index contributed by atoms with van der Waals surface area (Å²) in [5.74, 6) is 0.954. The number of nitrogens with zero attached hydrogens (tertiary/aromatic N) is 2. The molecule has 2 N–H and O–H groups in total. The number of rotatable bonds is 6. The predicted molar refractivity (Wildman–Crippen MR) is 114 cm³/mol. The lowest BCUT2D eigenvalue weighted by atomic mass is 10.1. The van der Waals surface area contributed by atoms with E-state index in [2.05, 4.69) is 46.6 Å². The van der Waals surface area contributed by atoms with E-state index < -0.39 is 0 Å². The Morgan fingerprint density at radius 1 is 1.04 bits per heavy atom. The standard InChI is InChI=1S/C23H26N4O/c1-5-18-13-9-10-15(2)22(18)27-23(28)20-14-21(26-17(4)25-20)24-16(3)19-11-7-6-8-12-19/h6-14,16H,5H2,1-4H3,(H,27,28)(H,24,25,26). The van der Waals surface area contributed by atoms with Gasteiger partial charge in [-0.2, -0.15) is 0 Å². The summed E-state index contributed by atoms with van der Waals surface area (Å²) in [4.78, 5) is 21.6. The zero-order valence-electron chi connectivity index (χ0n) is 16.8. The second kappa shape index (κ2) is 8.65. The molecule has 0 aliphatic carbocycles. The van der Waals surface area contributed by atoms with Gasteiger partial charge in [-0.25, -0.2) is 9.97 Å². The molecule has 0 bridgehead atoms. The molecule has 1 aromatic heterocycles. The maximum atomic E-state index is 12.9. The summed E-state index contributed by atoms with van der Waals surface area (Å²) in [6.07, 6.45) is 0.849. The lowest BCUT2D eigenvalue weighted by Gasteiger charge is -2.16. The average molecular weight is 374 g/mol. The second-order valence-corrected chi connectivity index (χ2v) is 6.88. The number of amides is 1. The van der Waals surface area contributed by atoms with E-state index in [9.17, 15) is 4.79 Å². The largest absolute Gasteiger partial charge is 0.363 e. The van der Waals surface area contributed by atoms with Crippen molar-refractivity contribution in [3.05, 3.63) is 82.8 Å². The smallest absolute Gasteiger partial charge is 0.274 e. The van der Waals surface area contributed by atoms with Crippen LogP contribution in [0.3, 0.4) is 0 Å². The van der Waals surface area contributed by atoms with E-state index in [-0.39, 0.29) is 11.9 Å². The molecule has 3 rings (SSSR count). The molecule has 2 aromatic carbocycles. The maximum Gasteiger partial charge on any atom is 0.274 e. The highest BCUT2D eigenvalue weighted by Crippen LogP contribution is 2.23. The monoisotopic (exact) mass is 374 g/mol. The molecular weight excluding hydrogens is 348 g/mol. The van der Waals surface area contributed by atoms with Crippen molar-refractivity contribution >= 4 is 17.4 Å². The van der Waals surface area contributed by atoms with Crippen molar-refractivity contribution in [2.45, 2.75) is 40.2 Å². The molecule has 0 saturated carbocycles. The highest BCUT2D eigenvalue weighted by Gasteiger charge is 2.15. The highest BCUT2D eigenvalue weighted by molar-refractivity contribution is 6.04. The molecule has 0 aliphatic heterocycles. The van der Waals surface area contributed by atoms with Gasteiger partial charge < -0.3 is 10.6 Å². The minimum Gasteiger partial charge on any atom is -0.363 e. The van der Waals surface area contributed by atoms with Gasteiger partial charge in [0.1, 0.15) is 17.3 Å². The van der Waals surface area contributed by atoms with Gasteiger partial charge in [0.25, 0.3) is 5.91 Å². The van der Waals surface area contributed by atoms with E-state index >= 15 is 0 Å². The molecule has 1 heterocycles. The molecule has 1 atom stereocenters. The van der Waals surface area contributed by atoms with Gasteiger partial charge in [-0.05, 0) is 43.9 Å². The van der Waals surface area contributed by atoms with Crippen LogP contribution in [0.1, 0.15) is 52.9 Å². The Hall–Kier alpha value is -3.21. The summed E-state index contributed by atoms with van der Waals surface area (Å²) >= 11 is 0. The Labute approximate surface area is 166 Å². The van der Waals surface area contributed by atoms with Crippen LogP contribution < -0.4 is 10.6 Å². The van der Waals surface area contributed by atoms with Crippen LogP contribution in [-0.2, 0) is 6.42 Å². The van der Waals surface area contributed by atoms with Crippen molar-refractivity contribution in [1.82, 2.24) is 9.97 Å². The zero-order valence-corrected chi connectivity index (χ0v) is 16.8. The van der Waals surface area contributed by atoms with Crippen molar-refractivity contribution < 1.29 is 4.79 Å². The highest BCUT2D eigenvalue weighted by atomic mass is 16.1. The summed E-state index contributed by atoms with van der Waals surface area (Å²) in [6.45, 7) is 7.93.